The summed E-state index contributed by atoms with van der Waals surface area (Å²) in [4.78, 5) is 14.8. The van der Waals surface area contributed by atoms with Crippen molar-refractivity contribution in [3.8, 4) is 0 Å². The Labute approximate surface area is 130 Å². The zero-order valence-corrected chi connectivity index (χ0v) is 12.6. The van der Waals surface area contributed by atoms with E-state index >= 15 is 0 Å². The van der Waals surface area contributed by atoms with Gasteiger partial charge < -0.3 is 14.7 Å². The molecular formula is C17H21N3O2. The van der Waals surface area contributed by atoms with E-state index in [0.29, 0.717) is 11.6 Å². The molecule has 116 valence electrons. The number of nitrogens with zero attached hydrogens (tertiary/aromatic N) is 2. The molecule has 3 fully saturated rings. The van der Waals surface area contributed by atoms with Crippen molar-refractivity contribution in [1.82, 2.24) is 15.4 Å². The van der Waals surface area contributed by atoms with E-state index in [1.165, 1.54) is 25.9 Å². The molecule has 1 unspecified atom stereocenters. The molecule has 5 nitrogen and oxygen atoms in total. The van der Waals surface area contributed by atoms with E-state index < -0.39 is 0 Å². The van der Waals surface area contributed by atoms with Gasteiger partial charge >= 0.3 is 0 Å². The van der Waals surface area contributed by atoms with Crippen LogP contribution in [-0.4, -0.2) is 41.6 Å². The summed E-state index contributed by atoms with van der Waals surface area (Å²) in [5, 5.41) is 7.11. The molecule has 1 aromatic heterocycles. The second-order valence-electron chi connectivity index (χ2n) is 6.49. The molecule has 3 saturated heterocycles. The van der Waals surface area contributed by atoms with Crippen molar-refractivity contribution in [1.29, 1.82) is 0 Å². The van der Waals surface area contributed by atoms with Gasteiger partial charge in [0.2, 0.25) is 0 Å². The van der Waals surface area contributed by atoms with Crippen molar-refractivity contribution in [2.24, 2.45) is 5.92 Å². The third kappa shape index (κ3) is 2.61. The van der Waals surface area contributed by atoms with Crippen LogP contribution in [0, 0.1) is 5.92 Å². The first kappa shape index (κ1) is 13.8. The number of carbonyl (C=O) groups is 1. The Kier molecular flexibility index (Phi) is 3.58. The molecule has 2 bridgehead atoms. The van der Waals surface area contributed by atoms with Gasteiger partial charge in [-0.15, -0.1) is 0 Å². The van der Waals surface area contributed by atoms with Crippen LogP contribution in [0.1, 0.15) is 41.4 Å². The predicted molar refractivity (Wildman–Crippen MR) is 82.6 cm³/mol. The van der Waals surface area contributed by atoms with Crippen LogP contribution >= 0.6 is 0 Å². The molecule has 1 amide bonds. The first-order valence-corrected chi connectivity index (χ1v) is 8.13. The van der Waals surface area contributed by atoms with Gasteiger partial charge in [-0.05, 0) is 38.3 Å². The maximum absolute atomic E-state index is 12.4. The first-order valence-electron chi connectivity index (χ1n) is 8.13. The molecule has 1 aromatic rings. The third-order valence-electron chi connectivity index (χ3n) is 5.08. The maximum Gasteiger partial charge on any atom is 0.273 e. The van der Waals surface area contributed by atoms with Gasteiger partial charge in [-0.2, -0.15) is 0 Å². The Morgan fingerprint density at radius 2 is 2.18 bits per heavy atom. The highest BCUT2D eigenvalue weighted by atomic mass is 16.5. The van der Waals surface area contributed by atoms with Gasteiger partial charge in [0.25, 0.3) is 5.91 Å². The lowest BCUT2D eigenvalue weighted by Gasteiger charge is -2.44. The zero-order valence-electron chi connectivity index (χ0n) is 12.6. The number of aromatic nitrogens is 1. The third-order valence-corrected chi connectivity index (χ3v) is 5.08. The Balaban J connectivity index is 1.41. The number of nitrogens with one attached hydrogen (secondary N) is 1. The van der Waals surface area contributed by atoms with Crippen LogP contribution in [0.2, 0.25) is 0 Å². The lowest BCUT2D eigenvalue weighted by molar-refractivity contribution is 0.0615. The van der Waals surface area contributed by atoms with Crippen molar-refractivity contribution < 1.29 is 9.32 Å². The number of hydrogen-bond donors (Lipinski definition) is 1. The van der Waals surface area contributed by atoms with Crippen LogP contribution in [0.3, 0.4) is 0 Å². The molecule has 0 spiro atoms. The fourth-order valence-electron chi connectivity index (χ4n) is 3.73. The van der Waals surface area contributed by atoms with Crippen LogP contribution in [-0.2, 0) is 0 Å². The monoisotopic (exact) mass is 299 g/mol. The van der Waals surface area contributed by atoms with E-state index in [0.717, 1.165) is 18.7 Å². The minimum atomic E-state index is -0.107. The van der Waals surface area contributed by atoms with Crippen LogP contribution in [0.5, 0.6) is 0 Å². The van der Waals surface area contributed by atoms with E-state index in [9.17, 15) is 4.79 Å². The normalized spacial score (nSPS) is 33.1. The van der Waals surface area contributed by atoms with Gasteiger partial charge in [-0.25, -0.2) is 0 Å². The molecule has 4 heterocycles. The number of rotatable bonds is 3. The van der Waals surface area contributed by atoms with E-state index in [1.54, 1.807) is 6.07 Å². The van der Waals surface area contributed by atoms with Crippen LogP contribution < -0.4 is 5.32 Å². The number of allylic oxidation sites excluding steroid dienone is 4. The molecule has 5 rings (SSSR count). The summed E-state index contributed by atoms with van der Waals surface area (Å²) in [5.41, 5.74) is 0.398. The molecule has 2 atom stereocenters. The van der Waals surface area contributed by atoms with E-state index in [-0.39, 0.29) is 17.9 Å². The number of carbonyl (C=O) groups excluding carboxylic acids is 1. The molecule has 1 aliphatic carbocycles. The molecule has 22 heavy (non-hydrogen) atoms. The summed E-state index contributed by atoms with van der Waals surface area (Å²) >= 11 is 0. The number of amides is 1. The molecule has 5 heteroatoms. The van der Waals surface area contributed by atoms with Crippen molar-refractivity contribution in [3.63, 3.8) is 0 Å². The van der Waals surface area contributed by atoms with Gasteiger partial charge in [0.05, 0.1) is 0 Å². The second-order valence-corrected chi connectivity index (χ2v) is 6.49. The highest BCUT2D eigenvalue weighted by molar-refractivity contribution is 5.92. The minimum absolute atomic E-state index is 0.107. The molecule has 0 aromatic carbocycles. The largest absolute Gasteiger partial charge is 0.360 e. The Morgan fingerprint density at radius 3 is 2.86 bits per heavy atom. The topological polar surface area (TPSA) is 58.4 Å². The Morgan fingerprint density at radius 1 is 1.32 bits per heavy atom. The lowest BCUT2D eigenvalue weighted by Crippen LogP contribution is -2.57. The zero-order chi connectivity index (χ0) is 14.9. The van der Waals surface area contributed by atoms with Crippen LogP contribution in [0.25, 0.3) is 0 Å². The Bertz CT molecular complexity index is 611. The quantitative estimate of drug-likeness (QED) is 0.928. The lowest BCUT2D eigenvalue weighted by atomic mass is 9.84. The molecule has 0 radical (unpaired) electrons. The van der Waals surface area contributed by atoms with Gasteiger partial charge in [0.15, 0.2) is 5.69 Å². The summed E-state index contributed by atoms with van der Waals surface area (Å²) in [6, 6.07) is 2.04. The van der Waals surface area contributed by atoms with Crippen LogP contribution in [0.4, 0.5) is 0 Å². The predicted octanol–water partition coefficient (Wildman–Crippen LogP) is 2.10. The van der Waals surface area contributed by atoms with Crippen molar-refractivity contribution in [3.05, 3.63) is 41.8 Å². The molecular weight excluding hydrogens is 278 g/mol. The van der Waals surface area contributed by atoms with E-state index in [1.807, 2.05) is 12.2 Å². The van der Waals surface area contributed by atoms with Gasteiger partial charge in [0, 0.05) is 24.6 Å². The number of hydrogen-bond acceptors (Lipinski definition) is 4. The average Bonchev–Trinajstić information content (AvgIpc) is 3.07. The maximum atomic E-state index is 12.4. The van der Waals surface area contributed by atoms with E-state index in [2.05, 4.69) is 27.5 Å². The average molecular weight is 299 g/mol. The standard InChI is InChI=1S/C17H21N3O2/c21-17(18-15-11-20-8-6-12(15)7-9-20)14-10-16(22-19-14)13-4-2-1-3-5-13/h1-4,10,12-13,15H,5-9,11H2,(H,18,21)/t13?,15-/m0/s1. The summed E-state index contributed by atoms with van der Waals surface area (Å²) in [7, 11) is 0. The molecule has 0 saturated carbocycles. The molecule has 4 aliphatic rings. The summed E-state index contributed by atoms with van der Waals surface area (Å²) in [5.74, 6) is 1.46. The Hall–Kier alpha value is -1.88. The fourth-order valence-corrected chi connectivity index (χ4v) is 3.73. The van der Waals surface area contributed by atoms with Gasteiger partial charge in [-0.1, -0.05) is 29.5 Å². The van der Waals surface area contributed by atoms with Gasteiger partial charge in [-0.3, -0.25) is 4.79 Å². The fraction of sp³-hybridized carbons (Fsp3) is 0.529. The molecule has 1 N–H and O–H groups in total. The van der Waals surface area contributed by atoms with Crippen molar-refractivity contribution in [2.45, 2.75) is 31.2 Å². The SMILES string of the molecule is O=C(N[C@H]1CN2CCC1CC2)c1cc(C2C=CC=CC2)on1. The summed E-state index contributed by atoms with van der Waals surface area (Å²) < 4.78 is 5.37. The van der Waals surface area contributed by atoms with Crippen LogP contribution in [0.15, 0.2) is 34.9 Å². The van der Waals surface area contributed by atoms with Crippen molar-refractivity contribution in [2.75, 3.05) is 19.6 Å². The second kappa shape index (κ2) is 5.72. The number of fused-ring (bicyclic) bond motifs is 3. The minimum Gasteiger partial charge on any atom is -0.360 e. The number of piperidine rings is 3. The first-order chi connectivity index (χ1) is 10.8. The summed E-state index contributed by atoms with van der Waals surface area (Å²) in [6.07, 6.45) is 11.5. The highest BCUT2D eigenvalue weighted by Gasteiger charge is 2.35. The van der Waals surface area contributed by atoms with Gasteiger partial charge in [0.1, 0.15) is 5.76 Å². The summed E-state index contributed by atoms with van der Waals surface area (Å²) in [6.45, 7) is 3.32. The van der Waals surface area contributed by atoms with Crippen molar-refractivity contribution >= 4 is 5.91 Å². The smallest absolute Gasteiger partial charge is 0.273 e. The highest BCUT2D eigenvalue weighted by Crippen LogP contribution is 2.28. The van der Waals surface area contributed by atoms with E-state index in [4.69, 9.17) is 4.52 Å². The molecule has 3 aliphatic heterocycles.